The van der Waals surface area contributed by atoms with Crippen molar-refractivity contribution in [3.63, 3.8) is 0 Å². The van der Waals surface area contributed by atoms with Crippen LogP contribution in [-0.2, 0) is 6.42 Å². The number of benzene rings is 1. The van der Waals surface area contributed by atoms with E-state index in [-0.39, 0.29) is 5.91 Å². The molecule has 0 unspecified atom stereocenters. The van der Waals surface area contributed by atoms with E-state index in [1.807, 2.05) is 25.1 Å². The highest BCUT2D eigenvalue weighted by molar-refractivity contribution is 6.31. The van der Waals surface area contributed by atoms with Crippen molar-refractivity contribution >= 4 is 23.2 Å². The number of hydrogen-bond acceptors (Lipinski definition) is 2. The number of nitrogens with two attached hydrogens (primary N) is 1. The number of carbonyl (C=O) groups excluding carboxylic acids is 1. The van der Waals surface area contributed by atoms with Crippen LogP contribution in [0.1, 0.15) is 28.5 Å². The Labute approximate surface area is 128 Å². The predicted molar refractivity (Wildman–Crippen MR) is 85.5 cm³/mol. The quantitative estimate of drug-likeness (QED) is 0.763. The fraction of sp³-hybridized carbons (Fsp3) is 0.188. The van der Waals surface area contributed by atoms with Crippen LogP contribution in [0.3, 0.4) is 0 Å². The molecule has 1 heterocycles. The van der Waals surface area contributed by atoms with Gasteiger partial charge in [-0.25, -0.2) is 0 Å². The maximum absolute atomic E-state index is 12.1. The standard InChI is InChI=1S/C16H16ClN3O/c1-2-12-8-11(4-3-7-18)5-6-14(12)20-16(21)15-9-13(17)10-19-15/h5-6,8-10,19H,2,7,18H2,1H3,(H,20,21). The Balaban J connectivity index is 2.21. The number of aromatic amines is 1. The molecule has 1 amide bonds. The molecule has 4 nitrogen and oxygen atoms in total. The van der Waals surface area contributed by atoms with Crippen molar-refractivity contribution < 1.29 is 4.79 Å². The van der Waals surface area contributed by atoms with Gasteiger partial charge in [-0.05, 0) is 36.2 Å². The average Bonchev–Trinajstić information content (AvgIpc) is 2.92. The molecule has 1 aromatic heterocycles. The molecule has 2 aromatic rings. The lowest BCUT2D eigenvalue weighted by Crippen LogP contribution is -2.13. The van der Waals surface area contributed by atoms with Crippen LogP contribution in [0.2, 0.25) is 5.02 Å². The maximum atomic E-state index is 12.1. The van der Waals surface area contributed by atoms with Crippen LogP contribution in [0.5, 0.6) is 0 Å². The van der Waals surface area contributed by atoms with Gasteiger partial charge in [0.25, 0.3) is 5.91 Å². The summed E-state index contributed by atoms with van der Waals surface area (Å²) in [5.74, 6) is 5.57. The molecule has 5 heteroatoms. The van der Waals surface area contributed by atoms with Crippen molar-refractivity contribution in [2.24, 2.45) is 5.73 Å². The fourth-order valence-electron chi connectivity index (χ4n) is 1.93. The largest absolute Gasteiger partial charge is 0.356 e. The number of amides is 1. The van der Waals surface area contributed by atoms with Gasteiger partial charge in [-0.2, -0.15) is 0 Å². The summed E-state index contributed by atoms with van der Waals surface area (Å²) in [5, 5.41) is 3.38. The summed E-state index contributed by atoms with van der Waals surface area (Å²) in [4.78, 5) is 14.9. The Morgan fingerprint density at radius 3 is 2.86 bits per heavy atom. The first kappa shape index (κ1) is 15.2. The number of aryl methyl sites for hydroxylation is 1. The van der Waals surface area contributed by atoms with Gasteiger partial charge in [-0.3, -0.25) is 4.79 Å². The number of rotatable bonds is 3. The van der Waals surface area contributed by atoms with Gasteiger partial charge in [0.1, 0.15) is 5.69 Å². The summed E-state index contributed by atoms with van der Waals surface area (Å²) in [5.41, 5.74) is 8.46. The second kappa shape index (κ2) is 6.98. The monoisotopic (exact) mass is 301 g/mol. The Kier molecular flexibility index (Phi) is 5.04. The van der Waals surface area contributed by atoms with Crippen molar-refractivity contribution in [1.82, 2.24) is 4.98 Å². The van der Waals surface area contributed by atoms with E-state index in [1.54, 1.807) is 12.3 Å². The minimum Gasteiger partial charge on any atom is -0.356 e. The van der Waals surface area contributed by atoms with E-state index < -0.39 is 0 Å². The van der Waals surface area contributed by atoms with Crippen LogP contribution in [0.15, 0.2) is 30.5 Å². The van der Waals surface area contributed by atoms with Crippen LogP contribution in [0.25, 0.3) is 0 Å². The summed E-state index contributed by atoms with van der Waals surface area (Å²) in [6, 6.07) is 7.25. The highest BCUT2D eigenvalue weighted by Crippen LogP contribution is 2.19. The molecule has 21 heavy (non-hydrogen) atoms. The van der Waals surface area contributed by atoms with Crippen molar-refractivity contribution in [1.29, 1.82) is 0 Å². The van der Waals surface area contributed by atoms with Crippen molar-refractivity contribution in [3.8, 4) is 11.8 Å². The molecule has 4 N–H and O–H groups in total. The third kappa shape index (κ3) is 3.88. The zero-order valence-electron chi connectivity index (χ0n) is 11.7. The Bertz CT molecular complexity index is 710. The van der Waals surface area contributed by atoms with Crippen LogP contribution in [-0.4, -0.2) is 17.4 Å². The number of aromatic nitrogens is 1. The van der Waals surface area contributed by atoms with E-state index in [2.05, 4.69) is 22.1 Å². The topological polar surface area (TPSA) is 70.9 Å². The number of carbonyl (C=O) groups is 1. The van der Waals surface area contributed by atoms with Crippen molar-refractivity contribution in [2.75, 3.05) is 11.9 Å². The highest BCUT2D eigenvalue weighted by Gasteiger charge is 2.10. The SMILES string of the molecule is CCc1cc(C#CCN)ccc1NC(=O)c1cc(Cl)c[nH]1. The molecule has 0 aliphatic heterocycles. The van der Waals surface area contributed by atoms with Gasteiger partial charge in [0.2, 0.25) is 0 Å². The van der Waals surface area contributed by atoms with Crippen LogP contribution >= 0.6 is 11.6 Å². The van der Waals surface area contributed by atoms with Crippen LogP contribution in [0, 0.1) is 11.8 Å². The van der Waals surface area contributed by atoms with Crippen molar-refractivity contribution in [2.45, 2.75) is 13.3 Å². The fourth-order valence-corrected chi connectivity index (χ4v) is 2.09. The number of anilines is 1. The molecule has 0 atom stereocenters. The second-order valence-corrected chi connectivity index (χ2v) is 4.85. The number of H-pyrrole nitrogens is 1. The molecule has 0 bridgehead atoms. The lowest BCUT2D eigenvalue weighted by Gasteiger charge is -2.09. The van der Waals surface area contributed by atoms with E-state index >= 15 is 0 Å². The summed E-state index contributed by atoms with van der Waals surface area (Å²) in [7, 11) is 0. The zero-order valence-corrected chi connectivity index (χ0v) is 12.4. The Morgan fingerprint density at radius 1 is 1.43 bits per heavy atom. The van der Waals surface area contributed by atoms with E-state index in [1.165, 1.54) is 0 Å². The molecule has 0 fully saturated rings. The smallest absolute Gasteiger partial charge is 0.272 e. The van der Waals surface area contributed by atoms with Gasteiger partial charge >= 0.3 is 0 Å². The first-order valence-electron chi connectivity index (χ1n) is 6.61. The predicted octanol–water partition coefficient (Wildman–Crippen LogP) is 2.79. The molecule has 0 aliphatic carbocycles. The molecule has 0 saturated heterocycles. The lowest BCUT2D eigenvalue weighted by molar-refractivity contribution is 0.102. The number of halogens is 1. The average molecular weight is 302 g/mol. The van der Waals surface area contributed by atoms with Crippen LogP contribution in [0.4, 0.5) is 5.69 Å². The number of nitrogens with one attached hydrogen (secondary N) is 2. The first-order valence-corrected chi connectivity index (χ1v) is 6.99. The van der Waals surface area contributed by atoms with E-state index in [0.717, 1.165) is 23.2 Å². The second-order valence-electron chi connectivity index (χ2n) is 4.42. The molecule has 0 saturated carbocycles. The molecule has 0 spiro atoms. The molecule has 0 aliphatic rings. The van der Waals surface area contributed by atoms with Gasteiger partial charge in [0.05, 0.1) is 11.6 Å². The van der Waals surface area contributed by atoms with Gasteiger partial charge in [-0.15, -0.1) is 0 Å². The molecule has 108 valence electrons. The minimum atomic E-state index is -0.225. The molecular weight excluding hydrogens is 286 g/mol. The third-order valence-corrected chi connectivity index (χ3v) is 3.18. The van der Waals surface area contributed by atoms with E-state index in [0.29, 0.717) is 17.3 Å². The van der Waals surface area contributed by atoms with Crippen LogP contribution < -0.4 is 11.1 Å². The zero-order chi connectivity index (χ0) is 15.2. The summed E-state index contributed by atoms with van der Waals surface area (Å²) in [6.07, 6.45) is 2.36. The first-order chi connectivity index (χ1) is 10.1. The minimum absolute atomic E-state index is 0.225. The Morgan fingerprint density at radius 2 is 2.24 bits per heavy atom. The van der Waals surface area contributed by atoms with Gasteiger partial charge in [0.15, 0.2) is 0 Å². The van der Waals surface area contributed by atoms with Crippen molar-refractivity contribution in [3.05, 3.63) is 52.3 Å². The molecule has 0 radical (unpaired) electrons. The molecular formula is C16H16ClN3O. The van der Waals surface area contributed by atoms with Gasteiger partial charge in [-0.1, -0.05) is 30.4 Å². The third-order valence-electron chi connectivity index (χ3n) is 2.96. The highest BCUT2D eigenvalue weighted by atomic mass is 35.5. The molecule has 1 aromatic carbocycles. The number of hydrogen-bond donors (Lipinski definition) is 3. The maximum Gasteiger partial charge on any atom is 0.272 e. The lowest BCUT2D eigenvalue weighted by atomic mass is 10.1. The van der Waals surface area contributed by atoms with Gasteiger partial charge < -0.3 is 16.0 Å². The summed E-state index contributed by atoms with van der Waals surface area (Å²) in [6.45, 7) is 2.35. The summed E-state index contributed by atoms with van der Waals surface area (Å²) >= 11 is 5.80. The van der Waals surface area contributed by atoms with Gasteiger partial charge in [0, 0.05) is 17.4 Å². The van der Waals surface area contributed by atoms with E-state index in [4.69, 9.17) is 17.3 Å². The molecule has 2 rings (SSSR count). The normalized spacial score (nSPS) is 9.86. The Hall–Kier alpha value is -2.22. The summed E-state index contributed by atoms with van der Waals surface area (Å²) < 4.78 is 0. The van der Waals surface area contributed by atoms with E-state index in [9.17, 15) is 4.79 Å².